The third-order valence-electron chi connectivity index (χ3n) is 2.31. The lowest BCUT2D eigenvalue weighted by Crippen LogP contribution is -2.03. The van der Waals surface area contributed by atoms with E-state index in [1.54, 1.807) is 12.4 Å². The van der Waals surface area contributed by atoms with Crippen LogP contribution in [0, 0.1) is 0 Å². The minimum atomic E-state index is -4.37. The molecular formula is C9H4F3N3S2. The zero-order valence-corrected chi connectivity index (χ0v) is 9.71. The molecular weight excluding hydrogens is 271 g/mol. The first kappa shape index (κ1) is 10.7. The number of aromatic amines is 1. The lowest BCUT2D eigenvalue weighted by Gasteiger charge is -2.04. The molecule has 0 bridgehead atoms. The lowest BCUT2D eigenvalue weighted by atomic mass is 10.1. The highest BCUT2D eigenvalue weighted by Crippen LogP contribution is 2.42. The predicted octanol–water partition coefficient (Wildman–Crippen LogP) is 3.77. The topological polar surface area (TPSA) is 41.6 Å². The van der Waals surface area contributed by atoms with Gasteiger partial charge in [0, 0.05) is 23.5 Å². The van der Waals surface area contributed by atoms with Crippen LogP contribution in [0.3, 0.4) is 0 Å². The number of rotatable bonds is 1. The number of hydrogen-bond acceptors (Lipinski definition) is 4. The first-order chi connectivity index (χ1) is 8.07. The fraction of sp³-hybridized carbons (Fsp3) is 0.111. The molecule has 88 valence electrons. The van der Waals surface area contributed by atoms with Crippen LogP contribution in [-0.2, 0) is 6.18 Å². The molecule has 0 saturated heterocycles. The molecule has 0 fully saturated rings. The van der Waals surface area contributed by atoms with E-state index in [-0.39, 0.29) is 5.56 Å². The standard InChI is InChI=1S/C9H4F3N3S2/c10-9(11,12)8-5(2-14-17-8)4-1-13-6-3-15-16-7(4)6/h1-3,13H. The van der Waals surface area contributed by atoms with Crippen LogP contribution in [0.15, 0.2) is 18.6 Å². The number of H-pyrrole nitrogens is 1. The Morgan fingerprint density at radius 2 is 1.82 bits per heavy atom. The summed E-state index contributed by atoms with van der Waals surface area (Å²) in [5.41, 5.74) is 1.35. The van der Waals surface area contributed by atoms with E-state index >= 15 is 0 Å². The number of nitrogens with zero attached hydrogens (tertiary/aromatic N) is 2. The summed E-state index contributed by atoms with van der Waals surface area (Å²) < 4.78 is 46.5. The highest BCUT2D eigenvalue weighted by Gasteiger charge is 2.36. The molecule has 0 aliphatic heterocycles. The first-order valence-corrected chi connectivity index (χ1v) is 6.06. The van der Waals surface area contributed by atoms with Crippen molar-refractivity contribution in [2.45, 2.75) is 6.18 Å². The molecule has 3 aromatic rings. The maximum Gasteiger partial charge on any atom is 0.427 e. The normalized spacial score (nSPS) is 12.4. The van der Waals surface area contributed by atoms with Gasteiger partial charge >= 0.3 is 6.18 Å². The van der Waals surface area contributed by atoms with E-state index in [1.165, 1.54) is 17.7 Å². The van der Waals surface area contributed by atoms with Crippen LogP contribution in [0.25, 0.3) is 21.3 Å². The summed E-state index contributed by atoms with van der Waals surface area (Å²) in [7, 11) is 0. The van der Waals surface area contributed by atoms with Gasteiger partial charge in [-0.1, -0.05) is 0 Å². The van der Waals surface area contributed by atoms with Crippen LogP contribution in [0.4, 0.5) is 13.2 Å². The molecule has 3 rings (SSSR count). The molecule has 8 heteroatoms. The van der Waals surface area contributed by atoms with Gasteiger partial charge in [0.1, 0.15) is 4.88 Å². The van der Waals surface area contributed by atoms with Crippen molar-refractivity contribution >= 4 is 33.3 Å². The number of nitrogens with one attached hydrogen (secondary N) is 1. The van der Waals surface area contributed by atoms with Crippen molar-refractivity contribution in [2.24, 2.45) is 0 Å². The number of hydrogen-bond donors (Lipinski definition) is 1. The van der Waals surface area contributed by atoms with Crippen LogP contribution in [-0.4, -0.2) is 13.7 Å². The fourth-order valence-electron chi connectivity index (χ4n) is 1.59. The molecule has 0 radical (unpaired) electrons. The molecule has 3 heterocycles. The molecule has 0 aromatic carbocycles. The summed E-state index contributed by atoms with van der Waals surface area (Å²) in [4.78, 5) is 2.22. The Labute approximate surface area is 101 Å². The Morgan fingerprint density at radius 3 is 2.59 bits per heavy atom. The van der Waals surface area contributed by atoms with E-state index in [9.17, 15) is 13.2 Å². The summed E-state index contributed by atoms with van der Waals surface area (Å²) >= 11 is 1.63. The van der Waals surface area contributed by atoms with E-state index in [4.69, 9.17) is 0 Å². The quantitative estimate of drug-likeness (QED) is 0.734. The van der Waals surface area contributed by atoms with Gasteiger partial charge in [-0.3, -0.25) is 0 Å². The summed E-state index contributed by atoms with van der Waals surface area (Å²) in [6, 6.07) is 0. The van der Waals surface area contributed by atoms with Crippen molar-refractivity contribution in [3.63, 3.8) is 0 Å². The molecule has 0 saturated carbocycles. The minimum absolute atomic E-state index is 0.109. The van der Waals surface area contributed by atoms with E-state index in [2.05, 4.69) is 13.7 Å². The predicted molar refractivity (Wildman–Crippen MR) is 60.1 cm³/mol. The van der Waals surface area contributed by atoms with Crippen LogP contribution in [0.2, 0.25) is 0 Å². The van der Waals surface area contributed by atoms with Gasteiger partial charge in [-0.2, -0.15) is 21.9 Å². The summed E-state index contributed by atoms with van der Waals surface area (Å²) in [5, 5.41) is 0. The molecule has 3 nitrogen and oxygen atoms in total. The second kappa shape index (κ2) is 3.54. The van der Waals surface area contributed by atoms with Crippen LogP contribution in [0.1, 0.15) is 4.88 Å². The summed E-state index contributed by atoms with van der Waals surface area (Å²) in [6.45, 7) is 0. The third-order valence-corrected chi connectivity index (χ3v) is 3.98. The average Bonchev–Trinajstić information content (AvgIpc) is 2.90. The molecule has 3 aromatic heterocycles. The van der Waals surface area contributed by atoms with Gasteiger partial charge in [-0.15, -0.1) is 0 Å². The van der Waals surface area contributed by atoms with Crippen molar-refractivity contribution in [1.29, 1.82) is 0 Å². The maximum absolute atomic E-state index is 12.7. The van der Waals surface area contributed by atoms with Crippen molar-refractivity contribution in [3.8, 4) is 11.1 Å². The summed E-state index contributed by atoms with van der Waals surface area (Å²) in [5.74, 6) is 0. The van der Waals surface area contributed by atoms with E-state index in [1.807, 2.05) is 0 Å². The average molecular weight is 275 g/mol. The third kappa shape index (κ3) is 1.64. The second-order valence-electron chi connectivity index (χ2n) is 3.34. The summed E-state index contributed by atoms with van der Waals surface area (Å²) in [6.07, 6.45) is 0.0268. The van der Waals surface area contributed by atoms with Crippen LogP contribution >= 0.6 is 23.1 Å². The van der Waals surface area contributed by atoms with Gasteiger partial charge in [-0.25, -0.2) is 0 Å². The second-order valence-corrected chi connectivity index (χ2v) is 4.94. The van der Waals surface area contributed by atoms with Gasteiger partial charge in [0.25, 0.3) is 0 Å². The Balaban J connectivity index is 2.24. The minimum Gasteiger partial charge on any atom is -0.359 e. The van der Waals surface area contributed by atoms with Gasteiger partial charge in [-0.05, 0) is 23.1 Å². The van der Waals surface area contributed by atoms with E-state index in [0.717, 1.165) is 10.2 Å². The molecule has 0 aliphatic carbocycles. The Morgan fingerprint density at radius 1 is 1.06 bits per heavy atom. The maximum atomic E-state index is 12.7. The molecule has 0 atom stereocenters. The smallest absolute Gasteiger partial charge is 0.359 e. The van der Waals surface area contributed by atoms with E-state index < -0.39 is 11.1 Å². The van der Waals surface area contributed by atoms with Crippen molar-refractivity contribution in [3.05, 3.63) is 23.5 Å². The number of halogens is 3. The Bertz CT molecular complexity index is 664. The highest BCUT2D eigenvalue weighted by molar-refractivity contribution is 7.14. The van der Waals surface area contributed by atoms with Gasteiger partial charge in [0.15, 0.2) is 0 Å². The number of aromatic nitrogens is 3. The van der Waals surface area contributed by atoms with Gasteiger partial charge in [0.05, 0.1) is 16.4 Å². The Kier molecular flexibility index (Phi) is 2.23. The highest BCUT2D eigenvalue weighted by atomic mass is 32.1. The molecule has 0 unspecified atom stereocenters. The van der Waals surface area contributed by atoms with Gasteiger partial charge < -0.3 is 4.98 Å². The molecule has 0 aliphatic rings. The molecule has 1 N–H and O–H groups in total. The van der Waals surface area contributed by atoms with Crippen molar-refractivity contribution < 1.29 is 13.2 Å². The molecule has 0 amide bonds. The van der Waals surface area contributed by atoms with Crippen molar-refractivity contribution in [1.82, 2.24) is 13.7 Å². The van der Waals surface area contributed by atoms with Crippen molar-refractivity contribution in [2.75, 3.05) is 0 Å². The molecule has 17 heavy (non-hydrogen) atoms. The fourth-order valence-corrected chi connectivity index (χ4v) is 2.96. The zero-order chi connectivity index (χ0) is 12.0. The number of fused-ring (bicyclic) bond motifs is 1. The molecule has 0 spiro atoms. The van der Waals surface area contributed by atoms with Gasteiger partial charge in [0.2, 0.25) is 0 Å². The monoisotopic (exact) mass is 275 g/mol. The first-order valence-electron chi connectivity index (χ1n) is 4.51. The largest absolute Gasteiger partial charge is 0.427 e. The van der Waals surface area contributed by atoms with Crippen LogP contribution < -0.4 is 0 Å². The zero-order valence-electron chi connectivity index (χ0n) is 8.08. The SMILES string of the molecule is FC(F)(F)c1sncc1-c1c[nH]c2cnsc12. The number of alkyl halides is 3. The Hall–Kier alpha value is -1.41. The van der Waals surface area contributed by atoms with Crippen LogP contribution in [0.5, 0.6) is 0 Å². The van der Waals surface area contributed by atoms with E-state index in [0.29, 0.717) is 17.1 Å². The lowest BCUT2D eigenvalue weighted by molar-refractivity contribution is -0.133.